The number of amides is 1. The fourth-order valence-corrected chi connectivity index (χ4v) is 2.71. The molecule has 0 spiro atoms. The standard InChI is InChI=1S/C16H24N2O2/c1-11-8-12(15(17)19)4-5-13(11)10-18-14-6-7-20-16(2,3)9-14/h4-5,8,14,18H,6-7,9-10H2,1-3H3,(H2,17,19). The maximum absolute atomic E-state index is 11.1. The van der Waals surface area contributed by atoms with Crippen LogP contribution in [0.15, 0.2) is 18.2 Å². The number of rotatable bonds is 4. The predicted octanol–water partition coefficient (Wildman–Crippen LogP) is 2.14. The van der Waals surface area contributed by atoms with Crippen LogP contribution in [0.3, 0.4) is 0 Å². The molecule has 1 saturated heterocycles. The molecule has 1 aromatic carbocycles. The van der Waals surface area contributed by atoms with Crippen molar-refractivity contribution >= 4 is 5.91 Å². The lowest BCUT2D eigenvalue weighted by molar-refractivity contribution is -0.0630. The van der Waals surface area contributed by atoms with Crippen molar-refractivity contribution in [3.63, 3.8) is 0 Å². The Kier molecular flexibility index (Phi) is 4.45. The van der Waals surface area contributed by atoms with Crippen LogP contribution in [0, 0.1) is 6.92 Å². The molecular formula is C16H24N2O2. The Labute approximate surface area is 120 Å². The minimum absolute atomic E-state index is 0.0409. The van der Waals surface area contributed by atoms with Crippen LogP contribution in [0.25, 0.3) is 0 Å². The third-order valence-corrected chi connectivity index (χ3v) is 3.91. The van der Waals surface area contributed by atoms with Gasteiger partial charge in [-0.05, 0) is 56.9 Å². The van der Waals surface area contributed by atoms with Gasteiger partial charge in [0.05, 0.1) is 5.60 Å². The first-order chi connectivity index (χ1) is 9.37. The van der Waals surface area contributed by atoms with Crippen molar-refractivity contribution in [1.29, 1.82) is 0 Å². The lowest BCUT2D eigenvalue weighted by Gasteiger charge is -2.36. The molecule has 4 nitrogen and oxygen atoms in total. The van der Waals surface area contributed by atoms with Crippen LogP contribution in [-0.4, -0.2) is 24.2 Å². The van der Waals surface area contributed by atoms with Gasteiger partial charge in [-0.2, -0.15) is 0 Å². The molecule has 1 heterocycles. The second-order valence-electron chi connectivity index (χ2n) is 6.18. The molecule has 1 fully saturated rings. The normalized spacial score (nSPS) is 21.6. The summed E-state index contributed by atoms with van der Waals surface area (Å²) >= 11 is 0. The minimum Gasteiger partial charge on any atom is -0.375 e. The monoisotopic (exact) mass is 276 g/mol. The van der Waals surface area contributed by atoms with E-state index in [2.05, 4.69) is 19.2 Å². The number of nitrogens with one attached hydrogen (secondary N) is 1. The number of primary amides is 1. The highest BCUT2D eigenvalue weighted by Crippen LogP contribution is 2.24. The van der Waals surface area contributed by atoms with E-state index in [0.29, 0.717) is 11.6 Å². The van der Waals surface area contributed by atoms with Crippen LogP contribution in [-0.2, 0) is 11.3 Å². The van der Waals surface area contributed by atoms with Gasteiger partial charge in [0.1, 0.15) is 0 Å². The van der Waals surface area contributed by atoms with E-state index < -0.39 is 0 Å². The van der Waals surface area contributed by atoms with Crippen molar-refractivity contribution in [2.75, 3.05) is 6.61 Å². The van der Waals surface area contributed by atoms with Crippen LogP contribution in [0.2, 0.25) is 0 Å². The maximum Gasteiger partial charge on any atom is 0.248 e. The Bertz CT molecular complexity index is 497. The summed E-state index contributed by atoms with van der Waals surface area (Å²) in [5.74, 6) is -0.376. The number of aryl methyl sites for hydroxylation is 1. The van der Waals surface area contributed by atoms with E-state index in [1.807, 2.05) is 19.1 Å². The molecule has 3 N–H and O–H groups in total. The summed E-state index contributed by atoms with van der Waals surface area (Å²) in [6.45, 7) is 7.90. The van der Waals surface area contributed by atoms with E-state index >= 15 is 0 Å². The highest BCUT2D eigenvalue weighted by atomic mass is 16.5. The third-order valence-electron chi connectivity index (χ3n) is 3.91. The number of ether oxygens (including phenoxy) is 1. The number of hydrogen-bond acceptors (Lipinski definition) is 3. The quantitative estimate of drug-likeness (QED) is 0.885. The summed E-state index contributed by atoms with van der Waals surface area (Å²) in [4.78, 5) is 11.1. The fraction of sp³-hybridized carbons (Fsp3) is 0.562. The summed E-state index contributed by atoms with van der Waals surface area (Å²) in [5, 5.41) is 3.59. The van der Waals surface area contributed by atoms with Gasteiger partial charge in [-0.25, -0.2) is 0 Å². The molecule has 0 aromatic heterocycles. The van der Waals surface area contributed by atoms with Crippen molar-refractivity contribution in [2.45, 2.75) is 51.8 Å². The number of hydrogen-bond donors (Lipinski definition) is 2. The van der Waals surface area contributed by atoms with Gasteiger partial charge in [-0.15, -0.1) is 0 Å². The van der Waals surface area contributed by atoms with E-state index in [1.54, 1.807) is 6.07 Å². The fourth-order valence-electron chi connectivity index (χ4n) is 2.71. The van der Waals surface area contributed by atoms with Crippen LogP contribution in [0.4, 0.5) is 0 Å². The zero-order valence-corrected chi connectivity index (χ0v) is 12.5. The van der Waals surface area contributed by atoms with Crippen molar-refractivity contribution in [1.82, 2.24) is 5.32 Å². The van der Waals surface area contributed by atoms with E-state index in [4.69, 9.17) is 10.5 Å². The zero-order chi connectivity index (χ0) is 14.8. The molecule has 0 saturated carbocycles. The van der Waals surface area contributed by atoms with E-state index in [1.165, 1.54) is 5.56 Å². The highest BCUT2D eigenvalue weighted by molar-refractivity contribution is 5.93. The van der Waals surface area contributed by atoms with Gasteiger partial charge >= 0.3 is 0 Å². The summed E-state index contributed by atoms with van der Waals surface area (Å²) in [5.41, 5.74) is 8.12. The largest absolute Gasteiger partial charge is 0.375 e. The molecule has 20 heavy (non-hydrogen) atoms. The van der Waals surface area contributed by atoms with Gasteiger partial charge in [0, 0.05) is 24.8 Å². The zero-order valence-electron chi connectivity index (χ0n) is 12.5. The summed E-state index contributed by atoms with van der Waals surface area (Å²) in [6, 6.07) is 6.11. The number of carbonyl (C=O) groups is 1. The smallest absolute Gasteiger partial charge is 0.248 e. The minimum atomic E-state index is -0.376. The van der Waals surface area contributed by atoms with Gasteiger partial charge in [0.2, 0.25) is 5.91 Å². The molecule has 1 unspecified atom stereocenters. The van der Waals surface area contributed by atoms with Crippen LogP contribution >= 0.6 is 0 Å². The van der Waals surface area contributed by atoms with Crippen LogP contribution < -0.4 is 11.1 Å². The van der Waals surface area contributed by atoms with Crippen LogP contribution in [0.1, 0.15) is 48.2 Å². The lowest BCUT2D eigenvalue weighted by atomic mass is 9.93. The van der Waals surface area contributed by atoms with Gasteiger partial charge < -0.3 is 15.8 Å². The van der Waals surface area contributed by atoms with Crippen LogP contribution in [0.5, 0.6) is 0 Å². The Morgan fingerprint density at radius 1 is 1.50 bits per heavy atom. The Morgan fingerprint density at radius 2 is 2.25 bits per heavy atom. The molecule has 0 bridgehead atoms. The number of carbonyl (C=O) groups excluding carboxylic acids is 1. The Hall–Kier alpha value is -1.39. The summed E-state index contributed by atoms with van der Waals surface area (Å²) in [7, 11) is 0. The molecule has 1 amide bonds. The Morgan fingerprint density at radius 3 is 2.85 bits per heavy atom. The van der Waals surface area contributed by atoms with E-state index in [0.717, 1.165) is 31.6 Å². The third kappa shape index (κ3) is 3.81. The molecule has 1 aromatic rings. The molecule has 4 heteroatoms. The average Bonchev–Trinajstić information content (AvgIpc) is 2.36. The molecule has 110 valence electrons. The second kappa shape index (κ2) is 5.94. The van der Waals surface area contributed by atoms with Gasteiger partial charge in [-0.3, -0.25) is 4.79 Å². The molecule has 1 aliphatic heterocycles. The molecule has 0 radical (unpaired) electrons. The number of nitrogens with two attached hydrogens (primary N) is 1. The molecule has 1 aliphatic rings. The topological polar surface area (TPSA) is 64.4 Å². The summed E-state index contributed by atoms with van der Waals surface area (Å²) < 4.78 is 5.72. The first kappa shape index (κ1) is 15.0. The van der Waals surface area contributed by atoms with Crippen molar-refractivity contribution in [3.8, 4) is 0 Å². The molecule has 2 rings (SSSR count). The van der Waals surface area contributed by atoms with E-state index in [9.17, 15) is 4.79 Å². The molecule has 0 aliphatic carbocycles. The van der Waals surface area contributed by atoms with Crippen molar-refractivity contribution in [3.05, 3.63) is 34.9 Å². The summed E-state index contributed by atoms with van der Waals surface area (Å²) in [6.07, 6.45) is 2.06. The molecule has 1 atom stereocenters. The van der Waals surface area contributed by atoms with E-state index in [-0.39, 0.29) is 11.5 Å². The number of benzene rings is 1. The SMILES string of the molecule is Cc1cc(C(N)=O)ccc1CNC1CCOC(C)(C)C1. The average molecular weight is 276 g/mol. The first-order valence-corrected chi connectivity index (χ1v) is 7.14. The maximum atomic E-state index is 11.1. The van der Waals surface area contributed by atoms with Gasteiger partial charge in [0.15, 0.2) is 0 Å². The predicted molar refractivity (Wildman–Crippen MR) is 79.6 cm³/mol. The lowest BCUT2D eigenvalue weighted by Crippen LogP contribution is -2.43. The van der Waals surface area contributed by atoms with Crippen molar-refractivity contribution in [2.24, 2.45) is 5.73 Å². The van der Waals surface area contributed by atoms with Gasteiger partial charge in [0.25, 0.3) is 0 Å². The molecular weight excluding hydrogens is 252 g/mol. The highest BCUT2D eigenvalue weighted by Gasteiger charge is 2.28. The van der Waals surface area contributed by atoms with Crippen molar-refractivity contribution < 1.29 is 9.53 Å². The second-order valence-corrected chi connectivity index (χ2v) is 6.18. The van der Waals surface area contributed by atoms with Gasteiger partial charge in [-0.1, -0.05) is 6.07 Å². The Balaban J connectivity index is 1.95. The first-order valence-electron chi connectivity index (χ1n) is 7.14.